The van der Waals surface area contributed by atoms with Gasteiger partial charge in [0.2, 0.25) is 0 Å². The zero-order valence-corrected chi connectivity index (χ0v) is 17.9. The van der Waals surface area contributed by atoms with Crippen LogP contribution in [-0.4, -0.2) is 49.8 Å². The van der Waals surface area contributed by atoms with Crippen molar-refractivity contribution in [2.75, 3.05) is 37.7 Å². The molecule has 3 aliphatic heterocycles. The summed E-state index contributed by atoms with van der Waals surface area (Å²) in [5.74, 6) is -0.933. The molecule has 3 atom stereocenters. The molecule has 6 heteroatoms. The Kier molecular flexibility index (Phi) is 5.54. The normalized spacial score (nSPS) is 26.6. The maximum absolute atomic E-state index is 14.2. The number of hydrogen-bond acceptors (Lipinski definition) is 4. The Hall–Kier alpha value is -2.28. The van der Waals surface area contributed by atoms with E-state index in [4.69, 9.17) is 10.5 Å². The maximum Gasteiger partial charge on any atom is 0.129 e. The molecule has 0 aliphatic carbocycles. The Morgan fingerprint density at radius 1 is 1.00 bits per heavy atom. The van der Waals surface area contributed by atoms with Gasteiger partial charge in [0.25, 0.3) is 0 Å². The molecule has 4 nitrogen and oxygen atoms in total. The quantitative estimate of drug-likeness (QED) is 0.757. The number of benzene rings is 2. The van der Waals surface area contributed by atoms with Gasteiger partial charge in [0.1, 0.15) is 17.7 Å². The Labute approximate surface area is 182 Å². The second-order valence-electron chi connectivity index (χ2n) is 8.96. The molecule has 2 N–H and O–H groups in total. The van der Waals surface area contributed by atoms with E-state index in [0.29, 0.717) is 13.0 Å². The van der Waals surface area contributed by atoms with Gasteiger partial charge in [-0.05, 0) is 59.9 Å². The van der Waals surface area contributed by atoms with E-state index in [1.807, 2.05) is 0 Å². The third-order valence-electron chi connectivity index (χ3n) is 6.94. The Bertz CT molecular complexity index is 973. The fourth-order valence-electron chi connectivity index (χ4n) is 5.15. The largest absolute Gasteiger partial charge is 0.370 e. The highest BCUT2D eigenvalue weighted by Crippen LogP contribution is 2.35. The van der Waals surface area contributed by atoms with Gasteiger partial charge in [0, 0.05) is 49.5 Å². The van der Waals surface area contributed by atoms with Crippen molar-refractivity contribution >= 4 is 5.69 Å². The fraction of sp³-hybridized carbons (Fsp3) is 0.440. The topological polar surface area (TPSA) is 41.7 Å². The van der Waals surface area contributed by atoms with Crippen LogP contribution in [0.3, 0.4) is 0 Å². The summed E-state index contributed by atoms with van der Waals surface area (Å²) in [6.45, 7) is 6.45. The number of anilines is 1. The minimum atomic E-state index is -0.601. The first-order chi connectivity index (χ1) is 15.0. The first kappa shape index (κ1) is 20.6. The van der Waals surface area contributed by atoms with Crippen molar-refractivity contribution < 1.29 is 13.5 Å². The Balaban J connectivity index is 1.18. The molecule has 3 heterocycles. The second-order valence-corrected chi connectivity index (χ2v) is 8.96. The van der Waals surface area contributed by atoms with E-state index in [1.165, 1.54) is 28.5 Å². The van der Waals surface area contributed by atoms with Crippen LogP contribution in [0.4, 0.5) is 14.5 Å². The van der Waals surface area contributed by atoms with E-state index in [9.17, 15) is 8.78 Å². The van der Waals surface area contributed by atoms with Gasteiger partial charge in [-0.2, -0.15) is 0 Å². The molecule has 5 rings (SSSR count). The minimum absolute atomic E-state index is 0.200. The van der Waals surface area contributed by atoms with E-state index >= 15 is 0 Å². The predicted octanol–water partition coefficient (Wildman–Crippen LogP) is 3.82. The lowest BCUT2D eigenvalue weighted by Crippen LogP contribution is -2.49. The summed E-state index contributed by atoms with van der Waals surface area (Å²) in [7, 11) is 0. The number of ether oxygens (including phenoxy) is 1. The molecule has 0 amide bonds. The van der Waals surface area contributed by atoms with Gasteiger partial charge in [0.05, 0.1) is 6.61 Å². The van der Waals surface area contributed by atoms with Crippen molar-refractivity contribution in [2.24, 2.45) is 5.73 Å². The Morgan fingerprint density at radius 3 is 2.35 bits per heavy atom. The molecule has 2 aromatic carbocycles. The number of hydrogen-bond donors (Lipinski definition) is 1. The first-order valence-corrected chi connectivity index (χ1v) is 11.1. The zero-order chi connectivity index (χ0) is 21.5. The second kappa shape index (κ2) is 8.34. The van der Waals surface area contributed by atoms with Gasteiger partial charge >= 0.3 is 0 Å². The molecule has 2 unspecified atom stereocenters. The lowest BCUT2D eigenvalue weighted by Gasteiger charge is -2.39. The third-order valence-corrected chi connectivity index (χ3v) is 6.94. The summed E-state index contributed by atoms with van der Waals surface area (Å²) in [5.41, 5.74) is 12.2. The Morgan fingerprint density at radius 2 is 1.71 bits per heavy atom. The van der Waals surface area contributed by atoms with Gasteiger partial charge in [-0.1, -0.05) is 19.1 Å². The van der Waals surface area contributed by atoms with Crippen molar-refractivity contribution in [2.45, 2.75) is 38.0 Å². The van der Waals surface area contributed by atoms with Gasteiger partial charge in [-0.25, -0.2) is 8.78 Å². The van der Waals surface area contributed by atoms with Crippen LogP contribution in [0.5, 0.6) is 0 Å². The third kappa shape index (κ3) is 4.00. The highest BCUT2D eigenvalue weighted by molar-refractivity contribution is 5.54. The van der Waals surface area contributed by atoms with Crippen molar-refractivity contribution in [3.63, 3.8) is 0 Å². The van der Waals surface area contributed by atoms with Gasteiger partial charge < -0.3 is 15.4 Å². The molecular formula is C25H29F2N3O. The van der Waals surface area contributed by atoms with Crippen LogP contribution in [0.2, 0.25) is 0 Å². The molecule has 0 aromatic heterocycles. The molecule has 31 heavy (non-hydrogen) atoms. The summed E-state index contributed by atoms with van der Waals surface area (Å²) >= 11 is 0. The summed E-state index contributed by atoms with van der Waals surface area (Å²) in [5, 5.41) is 0. The number of nitrogens with zero attached hydrogens (tertiary/aromatic N) is 2. The molecule has 1 fully saturated rings. The number of rotatable bonds is 4. The minimum Gasteiger partial charge on any atom is -0.370 e. The SMILES string of the molecule is CCc1ccc(N2CC3=C(C2)CN(C2CO[C@H](c4cc(F)ccc4F)C(N)C2)C3)cc1. The number of aryl methyl sites for hydroxylation is 1. The number of halogens is 2. The van der Waals surface area contributed by atoms with Crippen LogP contribution in [0.15, 0.2) is 53.6 Å². The lowest BCUT2D eigenvalue weighted by atomic mass is 9.93. The highest BCUT2D eigenvalue weighted by atomic mass is 19.1. The van der Waals surface area contributed by atoms with Crippen LogP contribution >= 0.6 is 0 Å². The van der Waals surface area contributed by atoms with Crippen LogP contribution < -0.4 is 10.6 Å². The van der Waals surface area contributed by atoms with E-state index in [2.05, 4.69) is 41.0 Å². The van der Waals surface area contributed by atoms with Crippen molar-refractivity contribution in [3.8, 4) is 0 Å². The summed E-state index contributed by atoms with van der Waals surface area (Å²) in [6.07, 6.45) is 1.17. The van der Waals surface area contributed by atoms with Crippen molar-refractivity contribution in [1.82, 2.24) is 4.90 Å². The van der Waals surface area contributed by atoms with E-state index < -0.39 is 17.7 Å². The smallest absolute Gasteiger partial charge is 0.129 e. The molecule has 2 aromatic rings. The molecule has 0 radical (unpaired) electrons. The van der Waals surface area contributed by atoms with Gasteiger partial charge in [-0.3, -0.25) is 4.90 Å². The predicted molar refractivity (Wildman–Crippen MR) is 118 cm³/mol. The summed E-state index contributed by atoms with van der Waals surface area (Å²) < 4.78 is 33.7. The standard InChI is InChI=1S/C25H29F2N3O/c1-2-16-3-6-20(7-4-16)29-11-17-13-30(14-18(17)12-29)21-10-24(28)25(31-15-21)22-9-19(26)5-8-23(22)27/h3-9,21,24-25H,2,10-15,28H2,1H3/t21?,24?,25-/m1/s1. The van der Waals surface area contributed by atoms with E-state index in [1.54, 1.807) is 0 Å². The van der Waals surface area contributed by atoms with Gasteiger partial charge in [0.15, 0.2) is 0 Å². The van der Waals surface area contributed by atoms with E-state index in [-0.39, 0.29) is 17.6 Å². The fourth-order valence-corrected chi connectivity index (χ4v) is 5.15. The van der Waals surface area contributed by atoms with Crippen LogP contribution in [0, 0.1) is 11.6 Å². The molecule has 164 valence electrons. The molecular weight excluding hydrogens is 396 g/mol. The molecule has 3 aliphatic rings. The summed E-state index contributed by atoms with van der Waals surface area (Å²) in [4.78, 5) is 4.87. The number of nitrogens with two attached hydrogens (primary N) is 1. The molecule has 1 saturated heterocycles. The van der Waals surface area contributed by atoms with Crippen LogP contribution in [-0.2, 0) is 11.2 Å². The van der Waals surface area contributed by atoms with Crippen LogP contribution in [0.25, 0.3) is 0 Å². The monoisotopic (exact) mass is 425 g/mol. The lowest BCUT2D eigenvalue weighted by molar-refractivity contribution is -0.0466. The van der Waals surface area contributed by atoms with Gasteiger partial charge in [-0.15, -0.1) is 0 Å². The summed E-state index contributed by atoms with van der Waals surface area (Å²) in [6, 6.07) is 12.2. The molecule has 0 saturated carbocycles. The average Bonchev–Trinajstić information content (AvgIpc) is 3.35. The van der Waals surface area contributed by atoms with Crippen LogP contribution in [0.1, 0.15) is 30.6 Å². The zero-order valence-electron chi connectivity index (χ0n) is 17.9. The highest BCUT2D eigenvalue weighted by Gasteiger charge is 2.38. The molecule has 0 spiro atoms. The molecule has 0 bridgehead atoms. The van der Waals surface area contributed by atoms with Crippen molar-refractivity contribution in [1.29, 1.82) is 0 Å². The van der Waals surface area contributed by atoms with E-state index in [0.717, 1.165) is 44.7 Å². The average molecular weight is 426 g/mol. The van der Waals surface area contributed by atoms with Crippen molar-refractivity contribution in [3.05, 3.63) is 76.4 Å². The maximum atomic E-state index is 14.2. The first-order valence-electron chi connectivity index (χ1n) is 11.1.